The molecule has 0 unspecified atom stereocenters. The summed E-state index contributed by atoms with van der Waals surface area (Å²) in [6, 6.07) is 1.47. The molecular weight excluding hydrogens is 218 g/mol. The summed E-state index contributed by atoms with van der Waals surface area (Å²) in [6.07, 6.45) is -3.11. The zero-order valence-corrected chi connectivity index (χ0v) is 8.70. The first kappa shape index (κ1) is 12.5. The first-order chi connectivity index (χ1) is 7.45. The van der Waals surface area contributed by atoms with Gasteiger partial charge >= 0.3 is 5.97 Å². The van der Waals surface area contributed by atoms with Crippen LogP contribution < -0.4 is 5.73 Å². The normalized spacial score (nSPS) is 10.8. The molecule has 0 aliphatic heterocycles. The fourth-order valence-corrected chi connectivity index (χ4v) is 1.49. The molecule has 0 radical (unpaired) electrons. The molecule has 0 aromatic carbocycles. The lowest BCUT2D eigenvalue weighted by atomic mass is 10.1. The average Bonchev–Trinajstić information content (AvgIpc) is 2.15. The molecule has 6 heteroatoms. The zero-order chi connectivity index (χ0) is 12.3. The fraction of sp³-hybridized carbons (Fsp3) is 0.400. The van der Waals surface area contributed by atoms with Gasteiger partial charge < -0.3 is 10.8 Å². The number of halogens is 2. The number of alkyl halides is 2. The third kappa shape index (κ3) is 2.73. The highest BCUT2D eigenvalue weighted by Crippen LogP contribution is 2.24. The van der Waals surface area contributed by atoms with E-state index in [1.807, 2.05) is 0 Å². The van der Waals surface area contributed by atoms with Gasteiger partial charge in [0.05, 0.1) is 12.1 Å². The Hall–Kier alpha value is -1.56. The molecule has 0 saturated heterocycles. The van der Waals surface area contributed by atoms with Crippen LogP contribution in [-0.2, 0) is 17.8 Å². The van der Waals surface area contributed by atoms with E-state index in [1.54, 1.807) is 6.92 Å². The summed E-state index contributed by atoms with van der Waals surface area (Å²) in [4.78, 5) is 14.1. The molecule has 0 spiro atoms. The van der Waals surface area contributed by atoms with Crippen molar-refractivity contribution < 1.29 is 18.7 Å². The second kappa shape index (κ2) is 4.98. The number of aryl methyl sites for hydroxylation is 1. The van der Waals surface area contributed by atoms with E-state index >= 15 is 0 Å². The Morgan fingerprint density at radius 3 is 2.69 bits per heavy atom. The summed E-state index contributed by atoms with van der Waals surface area (Å²) >= 11 is 0. The monoisotopic (exact) mass is 230 g/mol. The van der Waals surface area contributed by atoms with Crippen molar-refractivity contribution in [2.75, 3.05) is 0 Å². The molecule has 0 bridgehead atoms. The topological polar surface area (TPSA) is 76.2 Å². The lowest BCUT2D eigenvalue weighted by Gasteiger charge is -2.11. The Kier molecular flexibility index (Phi) is 3.89. The van der Waals surface area contributed by atoms with Gasteiger partial charge in [-0.25, -0.2) is 8.78 Å². The van der Waals surface area contributed by atoms with E-state index < -0.39 is 18.1 Å². The molecule has 1 aromatic rings. The number of hydrogen-bond donors (Lipinski definition) is 2. The van der Waals surface area contributed by atoms with Crippen molar-refractivity contribution in [2.45, 2.75) is 26.3 Å². The van der Waals surface area contributed by atoms with Crippen molar-refractivity contribution in [1.82, 2.24) is 4.98 Å². The van der Waals surface area contributed by atoms with Gasteiger partial charge in [-0.1, -0.05) is 0 Å². The van der Waals surface area contributed by atoms with Gasteiger partial charge in [0.2, 0.25) is 0 Å². The minimum Gasteiger partial charge on any atom is -0.481 e. The summed E-state index contributed by atoms with van der Waals surface area (Å²) < 4.78 is 25.3. The molecule has 0 atom stereocenters. The summed E-state index contributed by atoms with van der Waals surface area (Å²) in [5.41, 5.74) is 5.88. The summed E-state index contributed by atoms with van der Waals surface area (Å²) in [5.74, 6) is -1.10. The van der Waals surface area contributed by atoms with Gasteiger partial charge in [0.25, 0.3) is 6.43 Å². The van der Waals surface area contributed by atoms with Crippen molar-refractivity contribution in [2.24, 2.45) is 5.73 Å². The van der Waals surface area contributed by atoms with Crippen molar-refractivity contribution in [1.29, 1.82) is 0 Å². The van der Waals surface area contributed by atoms with Crippen molar-refractivity contribution in [3.05, 3.63) is 28.6 Å². The van der Waals surface area contributed by atoms with E-state index in [0.717, 1.165) is 0 Å². The molecule has 0 saturated carbocycles. The predicted octanol–water partition coefficient (Wildman–Crippen LogP) is 1.41. The smallest absolute Gasteiger partial charge is 0.309 e. The Morgan fingerprint density at radius 1 is 1.62 bits per heavy atom. The standard InChI is InChI=1S/C10H12F2N2O2/c1-5-2-6(3-8(15)16)14-9(10(11)12)7(5)4-13/h2,10H,3-4,13H2,1H3,(H,15,16). The number of rotatable bonds is 4. The van der Waals surface area contributed by atoms with Crippen LogP contribution in [0.5, 0.6) is 0 Å². The number of carboxylic acid groups (broad SMARTS) is 1. The number of nitrogens with zero attached hydrogens (tertiary/aromatic N) is 1. The van der Waals surface area contributed by atoms with Crippen LogP contribution in [-0.4, -0.2) is 16.1 Å². The molecule has 88 valence electrons. The maximum Gasteiger partial charge on any atom is 0.309 e. The zero-order valence-electron chi connectivity index (χ0n) is 8.70. The van der Waals surface area contributed by atoms with Crippen LogP contribution in [0, 0.1) is 6.92 Å². The SMILES string of the molecule is Cc1cc(CC(=O)O)nc(C(F)F)c1CN. The highest BCUT2D eigenvalue weighted by Gasteiger charge is 2.18. The van der Waals surface area contributed by atoms with Crippen molar-refractivity contribution >= 4 is 5.97 Å². The second-order valence-corrected chi connectivity index (χ2v) is 3.37. The Balaban J connectivity index is 3.22. The summed E-state index contributed by atoms with van der Waals surface area (Å²) in [6.45, 7) is 1.58. The summed E-state index contributed by atoms with van der Waals surface area (Å²) in [5, 5.41) is 8.56. The van der Waals surface area contributed by atoms with E-state index in [2.05, 4.69) is 4.98 Å². The molecule has 0 fully saturated rings. The van der Waals surface area contributed by atoms with E-state index in [0.29, 0.717) is 5.56 Å². The van der Waals surface area contributed by atoms with Gasteiger partial charge in [-0.2, -0.15) is 0 Å². The molecule has 3 N–H and O–H groups in total. The van der Waals surface area contributed by atoms with Gasteiger partial charge in [-0.3, -0.25) is 9.78 Å². The molecule has 16 heavy (non-hydrogen) atoms. The van der Waals surface area contributed by atoms with E-state index in [1.165, 1.54) is 6.07 Å². The van der Waals surface area contributed by atoms with Crippen molar-refractivity contribution in [3.63, 3.8) is 0 Å². The first-order valence-electron chi connectivity index (χ1n) is 4.65. The molecule has 1 aromatic heterocycles. The van der Waals surface area contributed by atoms with Crippen LogP contribution in [0.15, 0.2) is 6.07 Å². The highest BCUT2D eigenvalue weighted by molar-refractivity contribution is 5.69. The number of carboxylic acids is 1. The number of aromatic nitrogens is 1. The number of aliphatic carboxylic acids is 1. The lowest BCUT2D eigenvalue weighted by Crippen LogP contribution is -2.11. The van der Waals surface area contributed by atoms with Gasteiger partial charge in [0, 0.05) is 6.54 Å². The van der Waals surface area contributed by atoms with E-state index in [4.69, 9.17) is 10.8 Å². The third-order valence-electron chi connectivity index (χ3n) is 2.18. The molecule has 4 nitrogen and oxygen atoms in total. The van der Waals surface area contributed by atoms with Crippen LogP contribution in [0.2, 0.25) is 0 Å². The van der Waals surface area contributed by atoms with Crippen LogP contribution >= 0.6 is 0 Å². The van der Waals surface area contributed by atoms with Gasteiger partial charge in [0.1, 0.15) is 5.69 Å². The van der Waals surface area contributed by atoms with E-state index in [9.17, 15) is 13.6 Å². The molecule has 0 aliphatic carbocycles. The van der Waals surface area contributed by atoms with Crippen LogP contribution in [0.3, 0.4) is 0 Å². The second-order valence-electron chi connectivity index (χ2n) is 3.37. The molecular formula is C10H12F2N2O2. The average molecular weight is 230 g/mol. The fourth-order valence-electron chi connectivity index (χ4n) is 1.49. The Labute approximate surface area is 91.1 Å². The Morgan fingerprint density at radius 2 is 2.25 bits per heavy atom. The lowest BCUT2D eigenvalue weighted by molar-refractivity contribution is -0.136. The highest BCUT2D eigenvalue weighted by atomic mass is 19.3. The van der Waals surface area contributed by atoms with Crippen molar-refractivity contribution in [3.8, 4) is 0 Å². The number of carbonyl (C=O) groups is 1. The Bertz CT molecular complexity index is 408. The maximum absolute atomic E-state index is 12.6. The number of nitrogens with two attached hydrogens (primary N) is 1. The van der Waals surface area contributed by atoms with Gasteiger partial charge in [-0.15, -0.1) is 0 Å². The minimum absolute atomic E-state index is 0.0359. The van der Waals surface area contributed by atoms with E-state index in [-0.39, 0.29) is 24.2 Å². The van der Waals surface area contributed by atoms with Gasteiger partial charge in [-0.05, 0) is 24.1 Å². The van der Waals surface area contributed by atoms with Crippen LogP contribution in [0.4, 0.5) is 8.78 Å². The quantitative estimate of drug-likeness (QED) is 0.820. The number of hydrogen-bond acceptors (Lipinski definition) is 3. The maximum atomic E-state index is 12.6. The number of pyridine rings is 1. The molecule has 1 rings (SSSR count). The molecule has 1 heterocycles. The largest absolute Gasteiger partial charge is 0.481 e. The third-order valence-corrected chi connectivity index (χ3v) is 2.18. The minimum atomic E-state index is -2.74. The summed E-state index contributed by atoms with van der Waals surface area (Å²) in [7, 11) is 0. The molecule has 0 amide bonds. The van der Waals surface area contributed by atoms with Crippen LogP contribution in [0.25, 0.3) is 0 Å². The van der Waals surface area contributed by atoms with Gasteiger partial charge in [0.15, 0.2) is 0 Å². The first-order valence-corrected chi connectivity index (χ1v) is 4.65. The predicted molar refractivity (Wildman–Crippen MR) is 53.2 cm³/mol. The van der Waals surface area contributed by atoms with Crippen LogP contribution in [0.1, 0.15) is 28.9 Å². The molecule has 0 aliphatic rings.